The molecule has 0 spiro atoms. The van der Waals surface area contributed by atoms with Crippen LogP contribution >= 0.6 is 23.8 Å². The highest BCUT2D eigenvalue weighted by Crippen LogP contribution is 2.38. The number of hydrogen-bond acceptors (Lipinski definition) is 3. The van der Waals surface area contributed by atoms with Gasteiger partial charge in [-0.05, 0) is 24.4 Å². The zero-order valence-electron chi connectivity index (χ0n) is 7.94. The van der Waals surface area contributed by atoms with Gasteiger partial charge in [-0.3, -0.25) is 0 Å². The van der Waals surface area contributed by atoms with Crippen LogP contribution in [0.3, 0.4) is 0 Å². The maximum atomic E-state index is 9.83. The Morgan fingerprint density at radius 3 is 2.88 bits per heavy atom. The molecule has 1 aromatic heterocycles. The highest BCUT2D eigenvalue weighted by atomic mass is 35.5. The maximum Gasteiger partial charge on any atom is 0.211 e. The van der Waals surface area contributed by atoms with Gasteiger partial charge < -0.3 is 15.8 Å². The fraction of sp³-hybridized carbons (Fsp3) is 0. The second-order valence-corrected chi connectivity index (χ2v) is 3.85. The van der Waals surface area contributed by atoms with Gasteiger partial charge in [0.1, 0.15) is 0 Å². The lowest BCUT2D eigenvalue weighted by atomic mass is 10.2. The SMILES string of the molecule is NC(=S)/N=N/c1[nH]c2cccc(Cl)c2c1O. The first-order valence-corrected chi connectivity index (χ1v) is 5.08. The molecule has 1 heterocycles. The zero-order chi connectivity index (χ0) is 11.7. The van der Waals surface area contributed by atoms with Gasteiger partial charge in [0, 0.05) is 0 Å². The quantitative estimate of drug-likeness (QED) is 0.540. The number of azo groups is 1. The van der Waals surface area contributed by atoms with Gasteiger partial charge in [0.05, 0.1) is 15.9 Å². The molecule has 82 valence electrons. The minimum Gasteiger partial charge on any atom is -0.504 e. The summed E-state index contributed by atoms with van der Waals surface area (Å²) in [6.07, 6.45) is 0. The van der Waals surface area contributed by atoms with Gasteiger partial charge in [-0.1, -0.05) is 17.7 Å². The predicted octanol–water partition coefficient (Wildman–Crippen LogP) is 2.85. The summed E-state index contributed by atoms with van der Waals surface area (Å²) >= 11 is 10.5. The molecule has 1 aromatic carbocycles. The Morgan fingerprint density at radius 2 is 2.25 bits per heavy atom. The van der Waals surface area contributed by atoms with Crippen LogP contribution < -0.4 is 5.73 Å². The van der Waals surface area contributed by atoms with Crippen molar-refractivity contribution in [2.45, 2.75) is 0 Å². The number of aromatic hydroxyl groups is 1. The van der Waals surface area contributed by atoms with Crippen molar-refractivity contribution in [1.29, 1.82) is 0 Å². The van der Waals surface area contributed by atoms with Gasteiger partial charge in [-0.2, -0.15) is 0 Å². The van der Waals surface area contributed by atoms with Crippen LogP contribution in [-0.4, -0.2) is 15.2 Å². The van der Waals surface area contributed by atoms with Crippen LogP contribution in [0.25, 0.3) is 10.9 Å². The number of rotatable bonds is 1. The lowest BCUT2D eigenvalue weighted by molar-refractivity contribution is 0.482. The number of benzene rings is 1. The summed E-state index contributed by atoms with van der Waals surface area (Å²) in [7, 11) is 0. The van der Waals surface area contributed by atoms with Crippen molar-refractivity contribution in [3.8, 4) is 5.75 Å². The fourth-order valence-electron chi connectivity index (χ4n) is 1.35. The first-order valence-electron chi connectivity index (χ1n) is 4.30. The van der Waals surface area contributed by atoms with Crippen molar-refractivity contribution in [1.82, 2.24) is 4.98 Å². The molecule has 5 nitrogen and oxygen atoms in total. The summed E-state index contributed by atoms with van der Waals surface area (Å²) in [5.74, 6) is 0.108. The molecule has 0 aliphatic heterocycles. The minimum absolute atomic E-state index is 0.0689. The number of aromatic amines is 1. The molecule has 7 heteroatoms. The number of nitrogens with one attached hydrogen (secondary N) is 1. The van der Waals surface area contributed by atoms with Gasteiger partial charge in [-0.15, -0.1) is 10.2 Å². The summed E-state index contributed by atoms with van der Waals surface area (Å²) in [6.45, 7) is 0. The Hall–Kier alpha value is -1.66. The van der Waals surface area contributed by atoms with Crippen molar-refractivity contribution in [3.05, 3.63) is 23.2 Å². The first kappa shape index (κ1) is 10.8. The van der Waals surface area contributed by atoms with E-state index in [1.807, 2.05) is 0 Å². The molecule has 0 amide bonds. The van der Waals surface area contributed by atoms with Crippen LogP contribution in [0.1, 0.15) is 0 Å². The monoisotopic (exact) mass is 254 g/mol. The van der Waals surface area contributed by atoms with E-state index in [4.69, 9.17) is 17.3 Å². The van der Waals surface area contributed by atoms with Gasteiger partial charge >= 0.3 is 0 Å². The van der Waals surface area contributed by atoms with E-state index in [1.54, 1.807) is 18.2 Å². The summed E-state index contributed by atoms with van der Waals surface area (Å²) in [6, 6.07) is 5.20. The van der Waals surface area contributed by atoms with Crippen molar-refractivity contribution < 1.29 is 5.11 Å². The number of halogens is 1. The summed E-state index contributed by atoms with van der Waals surface area (Å²) < 4.78 is 0. The highest BCUT2D eigenvalue weighted by Gasteiger charge is 2.12. The molecule has 4 N–H and O–H groups in total. The Balaban J connectivity index is 2.61. The highest BCUT2D eigenvalue weighted by molar-refractivity contribution is 7.80. The fourth-order valence-corrected chi connectivity index (χ4v) is 1.65. The van der Waals surface area contributed by atoms with E-state index in [9.17, 15) is 5.11 Å². The summed E-state index contributed by atoms with van der Waals surface area (Å²) in [5, 5.41) is 17.8. The van der Waals surface area contributed by atoms with Gasteiger partial charge in [-0.25, -0.2) is 0 Å². The topological polar surface area (TPSA) is 86.8 Å². The van der Waals surface area contributed by atoms with Crippen LogP contribution in [0.4, 0.5) is 5.82 Å². The van der Waals surface area contributed by atoms with Crippen LogP contribution in [0, 0.1) is 0 Å². The second kappa shape index (κ2) is 4.07. The number of nitrogens with zero attached hydrogens (tertiary/aromatic N) is 2. The molecule has 16 heavy (non-hydrogen) atoms. The van der Waals surface area contributed by atoms with Gasteiger partial charge in [0.25, 0.3) is 0 Å². The third-order valence-electron chi connectivity index (χ3n) is 1.98. The van der Waals surface area contributed by atoms with E-state index in [1.165, 1.54) is 0 Å². The van der Waals surface area contributed by atoms with E-state index in [0.29, 0.717) is 15.9 Å². The molecule has 0 bridgehead atoms. The number of hydrogen-bond donors (Lipinski definition) is 3. The van der Waals surface area contributed by atoms with Crippen molar-refractivity contribution >= 4 is 45.7 Å². The first-order chi connectivity index (χ1) is 7.59. The third-order valence-corrected chi connectivity index (χ3v) is 2.37. The molecule has 0 saturated heterocycles. The van der Waals surface area contributed by atoms with Crippen LogP contribution in [0.2, 0.25) is 5.02 Å². The van der Waals surface area contributed by atoms with Crippen LogP contribution in [0.15, 0.2) is 28.4 Å². The second-order valence-electron chi connectivity index (χ2n) is 3.02. The molecule has 0 radical (unpaired) electrons. The van der Waals surface area contributed by atoms with E-state index < -0.39 is 0 Å². The average Bonchev–Trinajstić information content (AvgIpc) is 2.54. The largest absolute Gasteiger partial charge is 0.504 e. The lowest BCUT2D eigenvalue weighted by Crippen LogP contribution is -2.01. The molecule has 0 atom stereocenters. The molecule has 0 saturated carbocycles. The Kier molecular flexibility index (Phi) is 2.76. The molecule has 2 aromatic rings. The molecule has 0 fully saturated rings. The average molecular weight is 255 g/mol. The number of thiocarbonyl (C=S) groups is 1. The van der Waals surface area contributed by atoms with Crippen molar-refractivity contribution in [2.75, 3.05) is 0 Å². The summed E-state index contributed by atoms with van der Waals surface area (Å²) in [5.41, 5.74) is 5.83. The molecule has 0 aliphatic carbocycles. The zero-order valence-corrected chi connectivity index (χ0v) is 9.51. The van der Waals surface area contributed by atoms with E-state index in [0.717, 1.165) is 0 Å². The normalized spacial score (nSPS) is 11.3. The van der Waals surface area contributed by atoms with Crippen LogP contribution in [0.5, 0.6) is 5.75 Å². The molecular formula is C9H7ClN4OS. The van der Waals surface area contributed by atoms with E-state index in [2.05, 4.69) is 27.4 Å². The minimum atomic E-state index is -0.107. The number of nitrogens with two attached hydrogens (primary N) is 1. The molecule has 0 unspecified atom stereocenters. The lowest BCUT2D eigenvalue weighted by Gasteiger charge is -1.92. The predicted molar refractivity (Wildman–Crippen MR) is 66.3 cm³/mol. The van der Waals surface area contributed by atoms with Gasteiger partial charge in [0.15, 0.2) is 11.6 Å². The van der Waals surface area contributed by atoms with E-state index in [-0.39, 0.29) is 16.7 Å². The number of H-pyrrole nitrogens is 1. The van der Waals surface area contributed by atoms with Crippen LogP contribution in [-0.2, 0) is 0 Å². The van der Waals surface area contributed by atoms with Crippen molar-refractivity contribution in [2.24, 2.45) is 16.0 Å². The Bertz CT molecular complexity index is 592. The third kappa shape index (κ3) is 1.84. The number of fused-ring (bicyclic) bond motifs is 1. The standard InChI is InChI=1S/C9H7ClN4OS/c10-4-2-1-3-5-6(4)7(15)8(12-5)13-14-9(11)16/h1-3,12,15H,(H2,11,16)/b14-13+. The van der Waals surface area contributed by atoms with Gasteiger partial charge in [0.2, 0.25) is 5.11 Å². The van der Waals surface area contributed by atoms with E-state index >= 15 is 0 Å². The van der Waals surface area contributed by atoms with Crippen molar-refractivity contribution in [3.63, 3.8) is 0 Å². The molecule has 0 aliphatic rings. The smallest absolute Gasteiger partial charge is 0.211 e. The number of aromatic nitrogens is 1. The Labute approximate surface area is 101 Å². The maximum absolute atomic E-state index is 9.83. The molecular weight excluding hydrogens is 248 g/mol. The summed E-state index contributed by atoms with van der Waals surface area (Å²) in [4.78, 5) is 2.85. The molecule has 2 rings (SSSR count). The Morgan fingerprint density at radius 1 is 1.50 bits per heavy atom.